The fraction of sp³-hybridized carbons (Fsp3) is 0.462. The number of hydrogen-bond donors (Lipinski definition) is 1. The molecule has 8 heteroatoms. The van der Waals surface area contributed by atoms with Gasteiger partial charge in [0, 0.05) is 30.4 Å². The summed E-state index contributed by atoms with van der Waals surface area (Å²) in [5, 5.41) is 12.9. The maximum atomic E-state index is 12.2. The number of fused-ring (bicyclic) bond motifs is 1. The van der Waals surface area contributed by atoms with Crippen molar-refractivity contribution in [1.29, 1.82) is 0 Å². The Hall–Kier alpha value is -2.51. The van der Waals surface area contributed by atoms with Crippen molar-refractivity contribution in [3.63, 3.8) is 0 Å². The molecule has 1 aliphatic heterocycles. The van der Waals surface area contributed by atoms with E-state index in [-0.39, 0.29) is 24.1 Å². The van der Waals surface area contributed by atoms with Gasteiger partial charge in [0.1, 0.15) is 0 Å². The van der Waals surface area contributed by atoms with Crippen molar-refractivity contribution in [3.05, 3.63) is 23.3 Å². The predicted molar refractivity (Wildman–Crippen MR) is 71.9 cm³/mol. The number of amides is 1. The van der Waals surface area contributed by atoms with Crippen LogP contribution in [0.15, 0.2) is 6.07 Å². The highest BCUT2D eigenvalue weighted by molar-refractivity contribution is 5.91. The van der Waals surface area contributed by atoms with Gasteiger partial charge in [-0.25, -0.2) is 9.50 Å². The second-order valence-corrected chi connectivity index (χ2v) is 5.36. The smallest absolute Gasteiger partial charge is 0.303 e. The maximum absolute atomic E-state index is 12.2. The van der Waals surface area contributed by atoms with E-state index in [2.05, 4.69) is 15.1 Å². The van der Waals surface area contributed by atoms with Gasteiger partial charge in [-0.2, -0.15) is 4.98 Å². The van der Waals surface area contributed by atoms with Crippen LogP contribution in [0, 0.1) is 19.8 Å². The number of aryl methyl sites for hydroxylation is 2. The predicted octanol–water partition coefficient (Wildman–Crippen LogP) is 0.288. The van der Waals surface area contributed by atoms with Crippen LogP contribution in [-0.4, -0.2) is 54.6 Å². The number of hydrogen-bond acceptors (Lipinski definition) is 5. The van der Waals surface area contributed by atoms with Crippen molar-refractivity contribution >= 4 is 17.7 Å². The number of carboxylic acids is 1. The van der Waals surface area contributed by atoms with Crippen LogP contribution in [0.25, 0.3) is 5.78 Å². The number of nitrogens with zero attached hydrogens (tertiary/aromatic N) is 5. The van der Waals surface area contributed by atoms with Crippen molar-refractivity contribution < 1.29 is 14.7 Å². The fourth-order valence-corrected chi connectivity index (χ4v) is 2.51. The van der Waals surface area contributed by atoms with E-state index in [1.807, 2.05) is 19.9 Å². The molecule has 1 amide bonds. The van der Waals surface area contributed by atoms with Crippen molar-refractivity contribution in [2.24, 2.45) is 5.92 Å². The molecule has 1 saturated heterocycles. The fourth-order valence-electron chi connectivity index (χ4n) is 2.51. The van der Waals surface area contributed by atoms with E-state index < -0.39 is 5.97 Å². The number of aromatic nitrogens is 4. The van der Waals surface area contributed by atoms with Crippen LogP contribution in [-0.2, 0) is 4.79 Å². The number of likely N-dealkylation sites (tertiary alicyclic amines) is 1. The molecule has 0 atom stereocenters. The number of aliphatic carboxylic acids is 1. The van der Waals surface area contributed by atoms with Gasteiger partial charge in [-0.15, -0.1) is 5.10 Å². The van der Waals surface area contributed by atoms with Gasteiger partial charge in [0.15, 0.2) is 0 Å². The molecule has 0 spiro atoms. The third kappa shape index (κ3) is 2.44. The highest BCUT2D eigenvalue weighted by atomic mass is 16.4. The molecule has 2 aromatic rings. The first kappa shape index (κ1) is 13.5. The molecule has 0 aromatic carbocycles. The lowest BCUT2D eigenvalue weighted by Crippen LogP contribution is -2.50. The normalized spacial score (nSPS) is 15.2. The van der Waals surface area contributed by atoms with Crippen LogP contribution in [0.5, 0.6) is 0 Å². The third-order valence-corrected chi connectivity index (χ3v) is 3.52. The zero-order chi connectivity index (χ0) is 15.1. The highest BCUT2D eigenvalue weighted by Gasteiger charge is 2.34. The molecule has 0 radical (unpaired) electrons. The number of carbonyl (C=O) groups excluding carboxylic acids is 1. The van der Waals surface area contributed by atoms with Crippen molar-refractivity contribution in [2.75, 3.05) is 13.1 Å². The van der Waals surface area contributed by atoms with Crippen molar-refractivity contribution in [2.45, 2.75) is 20.3 Å². The first-order valence-electron chi connectivity index (χ1n) is 6.66. The lowest BCUT2D eigenvalue weighted by atomic mass is 9.96. The molecule has 8 nitrogen and oxygen atoms in total. The van der Waals surface area contributed by atoms with Crippen molar-refractivity contribution in [3.8, 4) is 0 Å². The Morgan fingerprint density at radius 3 is 2.71 bits per heavy atom. The van der Waals surface area contributed by atoms with E-state index in [9.17, 15) is 9.59 Å². The van der Waals surface area contributed by atoms with Gasteiger partial charge in [0.25, 0.3) is 11.7 Å². The van der Waals surface area contributed by atoms with E-state index in [4.69, 9.17) is 5.11 Å². The molecule has 0 bridgehead atoms. The summed E-state index contributed by atoms with van der Waals surface area (Å²) in [6, 6.07) is 1.86. The summed E-state index contributed by atoms with van der Waals surface area (Å²) in [7, 11) is 0. The molecule has 0 aliphatic carbocycles. The SMILES string of the molecule is Cc1cc(C)n2nc(C(=O)N3CC(CC(=O)O)C3)nc2n1. The summed E-state index contributed by atoms with van der Waals surface area (Å²) in [5.74, 6) is -0.596. The summed E-state index contributed by atoms with van der Waals surface area (Å²) in [5.41, 5.74) is 1.67. The molecule has 21 heavy (non-hydrogen) atoms. The molecule has 2 aromatic heterocycles. The van der Waals surface area contributed by atoms with Crippen molar-refractivity contribution in [1.82, 2.24) is 24.5 Å². The molecule has 110 valence electrons. The number of carbonyl (C=O) groups is 2. The standard InChI is InChI=1S/C13H15N5O3/c1-7-3-8(2)18-13(14-7)15-11(16-18)12(21)17-5-9(6-17)4-10(19)20/h3,9H,4-6H2,1-2H3,(H,19,20). The monoisotopic (exact) mass is 289 g/mol. The van der Waals surface area contributed by atoms with E-state index in [1.165, 1.54) is 4.52 Å². The van der Waals surface area contributed by atoms with Gasteiger partial charge in [-0.1, -0.05) is 0 Å². The quantitative estimate of drug-likeness (QED) is 0.871. The molecule has 0 saturated carbocycles. The first-order valence-corrected chi connectivity index (χ1v) is 6.66. The maximum Gasteiger partial charge on any atom is 0.303 e. The Kier molecular flexibility index (Phi) is 3.08. The van der Waals surface area contributed by atoms with E-state index in [1.54, 1.807) is 4.90 Å². The number of carboxylic acid groups (broad SMARTS) is 1. The molecule has 0 unspecified atom stereocenters. The van der Waals surface area contributed by atoms with Gasteiger partial charge in [0.05, 0.1) is 6.42 Å². The lowest BCUT2D eigenvalue weighted by molar-refractivity contribution is -0.139. The van der Waals surface area contributed by atoms with Crippen LogP contribution >= 0.6 is 0 Å². The van der Waals surface area contributed by atoms with E-state index in [0.717, 1.165) is 11.4 Å². The minimum Gasteiger partial charge on any atom is -0.481 e. The topological polar surface area (TPSA) is 101 Å². The van der Waals surface area contributed by atoms with Gasteiger partial charge in [-0.05, 0) is 19.9 Å². The molecule has 1 N–H and O–H groups in total. The summed E-state index contributed by atoms with van der Waals surface area (Å²) >= 11 is 0. The van der Waals surface area contributed by atoms with Crippen LogP contribution in [0.4, 0.5) is 0 Å². The minimum absolute atomic E-state index is 0.0191. The average Bonchev–Trinajstić information content (AvgIpc) is 2.76. The molecule has 1 fully saturated rings. The second kappa shape index (κ2) is 4.80. The Morgan fingerprint density at radius 1 is 1.33 bits per heavy atom. The Morgan fingerprint density at radius 2 is 2.05 bits per heavy atom. The van der Waals surface area contributed by atoms with Gasteiger partial charge < -0.3 is 10.0 Å². The number of rotatable bonds is 3. The Labute approximate surface area is 120 Å². The summed E-state index contributed by atoms with van der Waals surface area (Å²) in [6.07, 6.45) is 0.0855. The van der Waals surface area contributed by atoms with E-state index >= 15 is 0 Å². The van der Waals surface area contributed by atoms with Crippen LogP contribution in [0.3, 0.4) is 0 Å². The average molecular weight is 289 g/mol. The van der Waals surface area contributed by atoms with Gasteiger partial charge in [0.2, 0.25) is 5.82 Å². The summed E-state index contributed by atoms with van der Waals surface area (Å²) < 4.78 is 1.54. The summed E-state index contributed by atoms with van der Waals surface area (Å²) in [6.45, 7) is 4.60. The third-order valence-electron chi connectivity index (χ3n) is 3.52. The van der Waals surface area contributed by atoms with Crippen LogP contribution in [0.2, 0.25) is 0 Å². The zero-order valence-electron chi connectivity index (χ0n) is 11.8. The molecule has 1 aliphatic rings. The Balaban J connectivity index is 1.77. The zero-order valence-corrected chi connectivity index (χ0v) is 11.8. The largest absolute Gasteiger partial charge is 0.481 e. The van der Waals surface area contributed by atoms with Crippen LogP contribution in [0.1, 0.15) is 28.4 Å². The van der Waals surface area contributed by atoms with Gasteiger partial charge in [-0.3, -0.25) is 9.59 Å². The van der Waals surface area contributed by atoms with E-state index in [0.29, 0.717) is 18.9 Å². The molecule has 3 rings (SSSR count). The summed E-state index contributed by atoms with van der Waals surface area (Å²) in [4.78, 5) is 32.8. The second-order valence-electron chi connectivity index (χ2n) is 5.36. The highest BCUT2D eigenvalue weighted by Crippen LogP contribution is 2.20. The Bertz CT molecular complexity index is 733. The molecular formula is C13H15N5O3. The first-order chi connectivity index (χ1) is 9.94. The lowest BCUT2D eigenvalue weighted by Gasteiger charge is -2.37. The van der Waals surface area contributed by atoms with Crippen LogP contribution < -0.4 is 0 Å². The minimum atomic E-state index is -0.840. The molecular weight excluding hydrogens is 274 g/mol. The molecule has 3 heterocycles. The van der Waals surface area contributed by atoms with Gasteiger partial charge >= 0.3 is 5.97 Å².